The first kappa shape index (κ1) is 11.8. The van der Waals surface area contributed by atoms with Crippen LogP contribution in [0.5, 0.6) is 0 Å². The minimum atomic E-state index is -9.59. The molecule has 0 aliphatic rings. The van der Waals surface area contributed by atoms with Gasteiger partial charge in [-0.25, -0.2) is 0 Å². The molecule has 1 amide bonds. The third-order valence-electron chi connectivity index (χ3n) is 1.53. The summed E-state index contributed by atoms with van der Waals surface area (Å²) < 4.78 is 60.9. The second-order valence-corrected chi connectivity index (χ2v) is 5.16. The molecule has 86 valence electrons. The first-order valence-electron chi connectivity index (χ1n) is 3.57. The predicted molar refractivity (Wildman–Crippen MR) is 47.5 cm³/mol. The summed E-state index contributed by atoms with van der Waals surface area (Å²) in [6, 6.07) is 1.96. The predicted octanol–water partition coefficient (Wildman–Crippen LogP) is 3.91. The Labute approximate surface area is 81.8 Å². The summed E-state index contributed by atoms with van der Waals surface area (Å²) in [5.41, 5.74) is 0.00981. The molecule has 0 saturated heterocycles. The fourth-order valence-electron chi connectivity index (χ4n) is 0.876. The molecule has 0 saturated carbocycles. The van der Waals surface area contributed by atoms with E-state index in [2.05, 4.69) is 0 Å². The van der Waals surface area contributed by atoms with Crippen LogP contribution in [0, 0.1) is 0 Å². The van der Waals surface area contributed by atoms with Gasteiger partial charge in [-0.3, -0.25) is 4.79 Å². The molecular formula is C7H6F5NOS. The van der Waals surface area contributed by atoms with Crippen LogP contribution < -0.4 is 5.32 Å². The monoisotopic (exact) mass is 247 g/mol. The molecule has 2 nitrogen and oxygen atoms in total. The molecule has 0 unspecified atom stereocenters. The van der Waals surface area contributed by atoms with Crippen LogP contribution >= 0.6 is 10.2 Å². The van der Waals surface area contributed by atoms with Crippen molar-refractivity contribution in [2.45, 2.75) is 4.90 Å². The first-order chi connectivity index (χ1) is 6.53. The molecule has 0 aliphatic heterocycles. The molecule has 0 atom stereocenters. The number of halogens is 5. The zero-order valence-electron chi connectivity index (χ0n) is 7.09. The van der Waals surface area contributed by atoms with Crippen LogP contribution in [-0.2, 0) is 4.79 Å². The minimum Gasteiger partial charge on any atom is -0.329 e. The van der Waals surface area contributed by atoms with Crippen molar-refractivity contribution in [3.8, 4) is 0 Å². The standard InChI is InChI=1S/C7H6F5NOS/c8-15(9,10,11,12)7-3-1-6(2-4-7)13-5-14/h1-5H,(H,13,14). The van der Waals surface area contributed by atoms with Crippen molar-refractivity contribution in [2.75, 3.05) is 5.32 Å². The third-order valence-corrected chi connectivity index (χ3v) is 2.69. The van der Waals surface area contributed by atoms with E-state index < -0.39 is 15.1 Å². The summed E-state index contributed by atoms with van der Waals surface area (Å²) in [7, 11) is -9.59. The number of benzene rings is 1. The number of hydrogen-bond donors (Lipinski definition) is 1. The van der Waals surface area contributed by atoms with Gasteiger partial charge in [0.1, 0.15) is 4.90 Å². The average Bonchev–Trinajstić information content (AvgIpc) is 2.01. The van der Waals surface area contributed by atoms with Crippen LogP contribution in [0.3, 0.4) is 0 Å². The molecule has 1 rings (SSSR count). The number of carbonyl (C=O) groups is 1. The molecule has 1 aromatic carbocycles. The lowest BCUT2D eigenvalue weighted by Crippen LogP contribution is -2.06. The van der Waals surface area contributed by atoms with Crippen molar-refractivity contribution in [3.05, 3.63) is 24.3 Å². The SMILES string of the molecule is O=CNc1ccc(S(F)(F)(F)(F)F)cc1. The highest BCUT2D eigenvalue weighted by Crippen LogP contribution is 3.02. The minimum absolute atomic E-state index is 0.00981. The maximum atomic E-state index is 12.2. The average molecular weight is 247 g/mol. The molecule has 0 aliphatic carbocycles. The van der Waals surface area contributed by atoms with Crippen molar-refractivity contribution >= 4 is 22.3 Å². The van der Waals surface area contributed by atoms with Gasteiger partial charge in [0.05, 0.1) is 0 Å². The summed E-state index contributed by atoms with van der Waals surface area (Å²) in [6.45, 7) is 0. The highest BCUT2D eigenvalue weighted by Gasteiger charge is 2.65. The molecular weight excluding hydrogens is 241 g/mol. The summed E-state index contributed by atoms with van der Waals surface area (Å²) in [6.07, 6.45) is 0.231. The number of anilines is 1. The van der Waals surface area contributed by atoms with E-state index in [9.17, 15) is 24.2 Å². The zero-order valence-corrected chi connectivity index (χ0v) is 7.91. The van der Waals surface area contributed by atoms with E-state index in [-0.39, 0.29) is 24.2 Å². The molecule has 1 N–H and O–H groups in total. The maximum Gasteiger partial charge on any atom is 0.310 e. The van der Waals surface area contributed by atoms with Crippen LogP contribution in [0.25, 0.3) is 0 Å². The largest absolute Gasteiger partial charge is 0.329 e. The van der Waals surface area contributed by atoms with Gasteiger partial charge < -0.3 is 5.32 Å². The smallest absolute Gasteiger partial charge is 0.310 e. The normalized spacial score (nSPS) is 16.3. The van der Waals surface area contributed by atoms with Crippen molar-refractivity contribution in [1.82, 2.24) is 0 Å². The molecule has 8 heteroatoms. The highest BCUT2D eigenvalue weighted by atomic mass is 32.5. The van der Waals surface area contributed by atoms with Gasteiger partial charge in [0.2, 0.25) is 6.41 Å². The molecule has 15 heavy (non-hydrogen) atoms. The fraction of sp³-hybridized carbons (Fsp3) is 0. The Morgan fingerprint density at radius 2 is 1.47 bits per heavy atom. The summed E-state index contributed by atoms with van der Waals surface area (Å²) >= 11 is 0. The molecule has 0 spiro atoms. The topological polar surface area (TPSA) is 29.1 Å². The number of amides is 1. The van der Waals surface area contributed by atoms with E-state index in [0.29, 0.717) is 0 Å². The van der Waals surface area contributed by atoms with Gasteiger partial charge in [-0.15, -0.1) is 0 Å². The lowest BCUT2D eigenvalue weighted by Gasteiger charge is -2.40. The van der Waals surface area contributed by atoms with E-state index in [1.54, 1.807) is 0 Å². The van der Waals surface area contributed by atoms with E-state index in [0.717, 1.165) is 12.1 Å². The summed E-state index contributed by atoms with van der Waals surface area (Å²) in [5.74, 6) is 0. The highest BCUT2D eigenvalue weighted by molar-refractivity contribution is 8.45. The Morgan fingerprint density at radius 3 is 1.80 bits per heavy atom. The number of rotatable bonds is 3. The Kier molecular flexibility index (Phi) is 2.06. The Balaban J connectivity index is 3.16. The maximum absolute atomic E-state index is 12.2. The van der Waals surface area contributed by atoms with Gasteiger partial charge in [0.25, 0.3) is 0 Å². The van der Waals surface area contributed by atoms with Gasteiger partial charge in [0.15, 0.2) is 0 Å². The molecule has 0 heterocycles. The van der Waals surface area contributed by atoms with Crippen LogP contribution in [-0.4, -0.2) is 6.41 Å². The van der Waals surface area contributed by atoms with Gasteiger partial charge in [0, 0.05) is 5.69 Å². The van der Waals surface area contributed by atoms with E-state index in [4.69, 9.17) is 0 Å². The quantitative estimate of drug-likeness (QED) is 0.636. The van der Waals surface area contributed by atoms with Crippen molar-refractivity contribution in [3.63, 3.8) is 0 Å². The zero-order chi connectivity index (χ0) is 11.8. The number of nitrogens with one attached hydrogen (secondary N) is 1. The molecule has 0 aromatic heterocycles. The van der Waals surface area contributed by atoms with E-state index in [1.165, 1.54) is 0 Å². The van der Waals surface area contributed by atoms with Gasteiger partial charge in [-0.2, -0.15) is 0 Å². The molecule has 0 bridgehead atoms. The van der Waals surface area contributed by atoms with Crippen LogP contribution in [0.4, 0.5) is 25.1 Å². The Bertz CT molecular complexity index is 383. The lowest BCUT2D eigenvalue weighted by molar-refractivity contribution is -0.105. The van der Waals surface area contributed by atoms with Crippen molar-refractivity contribution < 1.29 is 24.2 Å². The molecule has 1 aromatic rings. The van der Waals surface area contributed by atoms with Crippen molar-refractivity contribution in [2.24, 2.45) is 0 Å². The Hall–Kier alpha value is -1.31. The van der Waals surface area contributed by atoms with Gasteiger partial charge in [-0.05, 0) is 24.3 Å². The number of carbonyl (C=O) groups excluding carboxylic acids is 1. The molecule has 0 fully saturated rings. The third kappa shape index (κ3) is 3.08. The van der Waals surface area contributed by atoms with E-state index >= 15 is 0 Å². The summed E-state index contributed by atoms with van der Waals surface area (Å²) in [5, 5.41) is 2.03. The lowest BCUT2D eigenvalue weighted by atomic mass is 10.3. The second-order valence-electron chi connectivity index (χ2n) is 2.76. The summed E-state index contributed by atoms with van der Waals surface area (Å²) in [4.78, 5) is 7.93. The van der Waals surface area contributed by atoms with Gasteiger partial charge in [-0.1, -0.05) is 19.4 Å². The van der Waals surface area contributed by atoms with E-state index in [1.807, 2.05) is 5.32 Å². The first-order valence-corrected chi connectivity index (χ1v) is 5.52. The number of hydrogen-bond acceptors (Lipinski definition) is 1. The van der Waals surface area contributed by atoms with Gasteiger partial charge >= 0.3 is 10.2 Å². The second kappa shape index (κ2) is 2.63. The Morgan fingerprint density at radius 1 is 1.00 bits per heavy atom. The van der Waals surface area contributed by atoms with Crippen LogP contribution in [0.15, 0.2) is 29.2 Å². The van der Waals surface area contributed by atoms with Crippen LogP contribution in [0.1, 0.15) is 0 Å². The fourth-order valence-corrected chi connectivity index (χ4v) is 1.53. The molecule has 0 radical (unpaired) electrons. The van der Waals surface area contributed by atoms with Crippen molar-refractivity contribution in [1.29, 1.82) is 0 Å². The van der Waals surface area contributed by atoms with Crippen LogP contribution in [0.2, 0.25) is 0 Å².